The van der Waals surface area contributed by atoms with Crippen molar-refractivity contribution in [1.29, 1.82) is 0 Å². The van der Waals surface area contributed by atoms with Crippen molar-refractivity contribution in [3.63, 3.8) is 0 Å². The van der Waals surface area contributed by atoms with E-state index in [0.29, 0.717) is 49.0 Å². The number of fused-ring (bicyclic) bond motifs is 1. The lowest BCUT2D eigenvalue weighted by Crippen LogP contribution is -2.55. The van der Waals surface area contributed by atoms with Crippen LogP contribution in [0.1, 0.15) is 25.1 Å². The second kappa shape index (κ2) is 11.2. The minimum atomic E-state index is -2.80. The second-order valence-electron chi connectivity index (χ2n) is 9.60. The predicted octanol–water partition coefficient (Wildman–Crippen LogP) is 2.43. The molecule has 2 saturated heterocycles. The number of anilines is 1. The van der Waals surface area contributed by atoms with Crippen molar-refractivity contribution in [2.24, 2.45) is 9.98 Å². The summed E-state index contributed by atoms with van der Waals surface area (Å²) in [5.74, 6) is 0.148. The molecule has 0 atom stereocenters. The van der Waals surface area contributed by atoms with Gasteiger partial charge in [-0.1, -0.05) is 12.1 Å². The molecular formula is C25H30F2N10O2. The number of hydrogen-bond donors (Lipinski definition) is 1. The molecule has 3 aromatic rings. The van der Waals surface area contributed by atoms with Gasteiger partial charge in [-0.25, -0.2) is 33.7 Å². The largest absolute Gasteiger partial charge is 0.460 e. The van der Waals surface area contributed by atoms with Gasteiger partial charge in [0.05, 0.1) is 42.3 Å². The first-order chi connectivity index (χ1) is 19.0. The Hall–Kier alpha value is -3.75. The maximum Gasteiger partial charge on any atom is 0.316 e. The van der Waals surface area contributed by atoms with Gasteiger partial charge < -0.3 is 19.7 Å². The number of likely N-dealkylation sites (tertiary alicyclic amines) is 1. The number of rotatable bonds is 5. The first-order valence-electron chi connectivity index (χ1n) is 13.0. The molecule has 0 radical (unpaired) electrons. The number of hydrazine groups is 1. The smallest absolute Gasteiger partial charge is 0.316 e. The molecule has 2 aromatic heterocycles. The van der Waals surface area contributed by atoms with E-state index >= 15 is 0 Å². The molecular weight excluding hydrogens is 510 g/mol. The summed E-state index contributed by atoms with van der Waals surface area (Å²) in [5, 5.41) is 6.91. The van der Waals surface area contributed by atoms with Gasteiger partial charge in [-0.05, 0) is 32.0 Å². The van der Waals surface area contributed by atoms with Crippen LogP contribution in [0.5, 0.6) is 6.01 Å². The number of hydrogen-bond acceptors (Lipinski definition) is 11. The third-order valence-electron chi connectivity index (χ3n) is 6.92. The molecule has 39 heavy (non-hydrogen) atoms. The zero-order valence-corrected chi connectivity index (χ0v) is 21.6. The average molecular weight is 541 g/mol. The van der Waals surface area contributed by atoms with E-state index < -0.39 is 6.43 Å². The number of aromatic nitrogens is 4. The highest BCUT2D eigenvalue weighted by Crippen LogP contribution is 2.26. The molecule has 6 rings (SSSR count). The van der Waals surface area contributed by atoms with Crippen LogP contribution in [-0.4, -0.2) is 106 Å². The molecule has 0 bridgehead atoms. The number of benzene rings is 1. The second-order valence-corrected chi connectivity index (χ2v) is 9.60. The molecule has 2 fully saturated rings. The van der Waals surface area contributed by atoms with Crippen molar-refractivity contribution in [3.8, 4) is 6.01 Å². The molecule has 206 valence electrons. The van der Waals surface area contributed by atoms with Crippen LogP contribution in [-0.2, 0) is 4.74 Å². The molecule has 1 N–H and O–H groups in total. The number of ether oxygens (including phenoxy) is 2. The van der Waals surface area contributed by atoms with Crippen LogP contribution in [0.25, 0.3) is 11.0 Å². The number of nitrogens with zero attached hydrogens (tertiary/aromatic N) is 9. The zero-order valence-electron chi connectivity index (χ0n) is 21.6. The molecule has 0 aliphatic carbocycles. The minimum Gasteiger partial charge on any atom is -0.460 e. The lowest BCUT2D eigenvalue weighted by molar-refractivity contribution is -0.0512. The first kappa shape index (κ1) is 25.5. The summed E-state index contributed by atoms with van der Waals surface area (Å²) in [5.41, 5.74) is 1.55. The quantitative estimate of drug-likeness (QED) is 0.522. The van der Waals surface area contributed by atoms with Gasteiger partial charge in [0.15, 0.2) is 5.82 Å². The van der Waals surface area contributed by atoms with Crippen molar-refractivity contribution in [3.05, 3.63) is 42.5 Å². The van der Waals surface area contributed by atoms with E-state index in [2.05, 4.69) is 42.2 Å². The highest BCUT2D eigenvalue weighted by atomic mass is 19.3. The van der Waals surface area contributed by atoms with Crippen LogP contribution < -0.4 is 10.1 Å². The van der Waals surface area contributed by atoms with Gasteiger partial charge in [-0.3, -0.25) is 9.58 Å². The van der Waals surface area contributed by atoms with Crippen molar-refractivity contribution >= 4 is 28.6 Å². The number of piperidine rings is 1. The molecule has 5 heterocycles. The van der Waals surface area contributed by atoms with E-state index in [1.54, 1.807) is 41.7 Å². The van der Waals surface area contributed by atoms with Gasteiger partial charge in [0, 0.05) is 26.2 Å². The van der Waals surface area contributed by atoms with E-state index in [1.165, 1.54) is 4.57 Å². The summed E-state index contributed by atoms with van der Waals surface area (Å²) in [6.45, 7) is 4.34. The topological polar surface area (TPSA) is 109 Å². The van der Waals surface area contributed by atoms with E-state index in [-0.39, 0.29) is 30.5 Å². The number of halogens is 2. The summed E-state index contributed by atoms with van der Waals surface area (Å²) in [7, 11) is 2.10. The van der Waals surface area contributed by atoms with Gasteiger partial charge in [-0.2, -0.15) is 4.99 Å². The molecule has 12 nitrogen and oxygen atoms in total. The Morgan fingerprint density at radius 3 is 2.54 bits per heavy atom. The number of imidazole rings is 1. The van der Waals surface area contributed by atoms with Gasteiger partial charge in [0.1, 0.15) is 12.8 Å². The molecule has 0 saturated carbocycles. The van der Waals surface area contributed by atoms with Crippen molar-refractivity contribution in [1.82, 2.24) is 34.4 Å². The molecule has 14 heteroatoms. The summed E-state index contributed by atoms with van der Waals surface area (Å²) >= 11 is 0. The Labute approximate surface area is 223 Å². The molecule has 3 aliphatic heterocycles. The number of alkyl halides is 2. The average Bonchev–Trinajstić information content (AvgIpc) is 3.36. The lowest BCUT2D eigenvalue weighted by atomic mass is 10.1. The van der Waals surface area contributed by atoms with Crippen LogP contribution >= 0.6 is 0 Å². The van der Waals surface area contributed by atoms with E-state index in [9.17, 15) is 8.78 Å². The molecule has 3 aliphatic rings. The first-order valence-corrected chi connectivity index (χ1v) is 13.0. The number of morpholine rings is 1. The van der Waals surface area contributed by atoms with Gasteiger partial charge >= 0.3 is 6.01 Å². The van der Waals surface area contributed by atoms with E-state index in [4.69, 9.17) is 9.47 Å². The number of guanidine groups is 1. The van der Waals surface area contributed by atoms with Crippen molar-refractivity contribution in [2.75, 3.05) is 58.4 Å². The fourth-order valence-corrected chi connectivity index (χ4v) is 4.85. The van der Waals surface area contributed by atoms with Crippen molar-refractivity contribution < 1.29 is 18.3 Å². The Morgan fingerprint density at radius 2 is 1.79 bits per heavy atom. The number of aliphatic imine (C=N–C) groups is 2. The summed E-state index contributed by atoms with van der Waals surface area (Å²) in [4.78, 5) is 24.4. The molecule has 0 amide bonds. The van der Waals surface area contributed by atoms with Crippen LogP contribution in [0.2, 0.25) is 0 Å². The highest BCUT2D eigenvalue weighted by molar-refractivity contribution is 6.05. The predicted molar refractivity (Wildman–Crippen MR) is 141 cm³/mol. The fourth-order valence-electron chi connectivity index (χ4n) is 4.85. The molecule has 0 unspecified atom stereocenters. The molecule has 0 spiro atoms. The SMILES string of the molecule is CN1CCC(Oc2ncc(NC3=NCN(N4CCOCC4)C(n4c(C(F)F)nc5ccccc54)=N3)cn2)CC1. The van der Waals surface area contributed by atoms with E-state index in [0.717, 1.165) is 25.9 Å². The maximum atomic E-state index is 14.2. The summed E-state index contributed by atoms with van der Waals surface area (Å²) in [6.07, 6.45) is 2.35. The summed E-state index contributed by atoms with van der Waals surface area (Å²) in [6, 6.07) is 7.34. The maximum absolute atomic E-state index is 14.2. The fraction of sp³-hybridized carbons (Fsp3) is 0.480. The standard InChI is InChI=1S/C25H30F2N10O2/c1-34-8-6-18(7-9-34)39-24-28-14-17(15-29-24)31-23-30-16-36(35-10-12-38-13-11-35)25(33-23)37-20-5-3-2-4-19(20)32-22(37)21(26)27/h2-5,14-15,18,21H,6-13,16H2,1H3,(H,30,31). The van der Waals surface area contributed by atoms with Gasteiger partial charge in [0.25, 0.3) is 6.43 Å². The van der Waals surface area contributed by atoms with Gasteiger partial charge in [0.2, 0.25) is 11.9 Å². The van der Waals surface area contributed by atoms with Crippen LogP contribution in [0.3, 0.4) is 0 Å². The zero-order chi connectivity index (χ0) is 26.8. The Balaban J connectivity index is 1.27. The Morgan fingerprint density at radius 1 is 1.05 bits per heavy atom. The number of nitrogens with one attached hydrogen (secondary N) is 1. The van der Waals surface area contributed by atoms with Crippen LogP contribution in [0.15, 0.2) is 46.6 Å². The normalized spacial score (nSPS) is 19.8. The Bertz CT molecular complexity index is 1350. The monoisotopic (exact) mass is 540 g/mol. The third kappa shape index (κ3) is 5.53. The third-order valence-corrected chi connectivity index (χ3v) is 6.92. The van der Waals surface area contributed by atoms with Crippen LogP contribution in [0.4, 0.5) is 14.5 Å². The van der Waals surface area contributed by atoms with Gasteiger partial charge in [-0.15, -0.1) is 0 Å². The molecule has 1 aromatic carbocycles. The van der Waals surface area contributed by atoms with Crippen LogP contribution in [0, 0.1) is 0 Å². The lowest BCUT2D eigenvalue weighted by Gasteiger charge is -2.39. The van der Waals surface area contributed by atoms with E-state index in [1.807, 2.05) is 5.01 Å². The Kier molecular flexibility index (Phi) is 7.30. The summed E-state index contributed by atoms with van der Waals surface area (Å²) < 4.78 is 41.2. The minimum absolute atomic E-state index is 0.0927. The van der Waals surface area contributed by atoms with Crippen molar-refractivity contribution in [2.45, 2.75) is 25.4 Å². The highest BCUT2D eigenvalue weighted by Gasteiger charge is 2.31. The number of para-hydroxylation sites is 2.